The third-order valence-corrected chi connectivity index (χ3v) is 9.42. The average Bonchev–Trinajstić information content (AvgIpc) is 3.27. The molecule has 1 spiro atoms. The summed E-state index contributed by atoms with van der Waals surface area (Å²) in [6.07, 6.45) is 5.15. The van der Waals surface area contributed by atoms with E-state index in [1.807, 2.05) is 42.5 Å². The number of carbonyl (C=O) groups is 2. The topological polar surface area (TPSA) is 71.5 Å². The number of rotatable bonds is 5. The van der Waals surface area contributed by atoms with E-state index in [0.717, 1.165) is 62.5 Å². The SMILES string of the molecule is O=C(CC1CC2(CCN(C(=O)C3[C@H]4COC[C@@H]34)CC2)c2ccccc21)Nc1cccc(-c2ccccn2)c1. The summed E-state index contributed by atoms with van der Waals surface area (Å²) in [6.45, 7) is 3.12. The Morgan fingerprint density at radius 2 is 1.76 bits per heavy atom. The summed E-state index contributed by atoms with van der Waals surface area (Å²) < 4.78 is 5.49. The van der Waals surface area contributed by atoms with Crippen LogP contribution >= 0.6 is 0 Å². The van der Waals surface area contributed by atoms with E-state index < -0.39 is 0 Å². The Morgan fingerprint density at radius 3 is 2.55 bits per heavy atom. The van der Waals surface area contributed by atoms with E-state index in [9.17, 15) is 9.59 Å². The molecular weight excluding hydrogens is 474 g/mol. The summed E-state index contributed by atoms with van der Waals surface area (Å²) in [4.78, 5) is 32.9. The van der Waals surface area contributed by atoms with Crippen LogP contribution in [0, 0.1) is 17.8 Å². The zero-order valence-electron chi connectivity index (χ0n) is 21.5. The van der Waals surface area contributed by atoms with E-state index in [-0.39, 0.29) is 23.2 Å². The number of pyridine rings is 1. The highest BCUT2D eigenvalue weighted by molar-refractivity contribution is 5.92. The van der Waals surface area contributed by atoms with Gasteiger partial charge in [-0.1, -0.05) is 42.5 Å². The maximum Gasteiger partial charge on any atom is 0.226 e. The van der Waals surface area contributed by atoms with Gasteiger partial charge >= 0.3 is 0 Å². The number of hydrogen-bond acceptors (Lipinski definition) is 4. The van der Waals surface area contributed by atoms with Crippen molar-refractivity contribution in [2.75, 3.05) is 31.6 Å². The van der Waals surface area contributed by atoms with Gasteiger partial charge in [0.15, 0.2) is 0 Å². The van der Waals surface area contributed by atoms with E-state index in [0.29, 0.717) is 24.2 Å². The lowest BCUT2D eigenvalue weighted by Crippen LogP contribution is -2.45. The van der Waals surface area contributed by atoms with Crippen LogP contribution < -0.4 is 5.32 Å². The van der Waals surface area contributed by atoms with Crippen molar-refractivity contribution in [3.05, 3.63) is 84.1 Å². The molecule has 3 aromatic rings. The van der Waals surface area contributed by atoms with Crippen molar-refractivity contribution in [2.24, 2.45) is 17.8 Å². The molecule has 4 atom stereocenters. The van der Waals surface area contributed by atoms with E-state index in [1.54, 1.807) is 6.20 Å². The molecule has 4 aliphatic rings. The maximum absolute atomic E-state index is 13.2. The van der Waals surface area contributed by atoms with Crippen LogP contribution in [0.25, 0.3) is 11.3 Å². The Balaban J connectivity index is 1.02. The summed E-state index contributed by atoms with van der Waals surface area (Å²) >= 11 is 0. The van der Waals surface area contributed by atoms with Crippen LogP contribution in [-0.2, 0) is 19.7 Å². The molecule has 2 aliphatic carbocycles. The lowest BCUT2D eigenvalue weighted by molar-refractivity contribution is -0.135. The van der Waals surface area contributed by atoms with Crippen LogP contribution in [0.2, 0.25) is 0 Å². The number of piperidine rings is 1. The van der Waals surface area contributed by atoms with E-state index >= 15 is 0 Å². The zero-order valence-corrected chi connectivity index (χ0v) is 21.5. The molecule has 2 aromatic carbocycles. The summed E-state index contributed by atoms with van der Waals surface area (Å²) in [5.41, 5.74) is 5.41. The lowest BCUT2D eigenvalue weighted by atomic mass is 9.73. The van der Waals surface area contributed by atoms with Gasteiger partial charge in [0.05, 0.1) is 18.9 Å². The number of nitrogens with one attached hydrogen (secondary N) is 1. The van der Waals surface area contributed by atoms with Gasteiger partial charge in [-0.3, -0.25) is 14.6 Å². The fraction of sp³-hybridized carbons (Fsp3) is 0.406. The first kappa shape index (κ1) is 23.6. The molecular formula is C32H33N3O3. The quantitative estimate of drug-likeness (QED) is 0.527. The lowest BCUT2D eigenvalue weighted by Gasteiger charge is -2.40. The highest BCUT2D eigenvalue weighted by atomic mass is 16.5. The molecule has 3 fully saturated rings. The van der Waals surface area contributed by atoms with Gasteiger partial charge in [-0.25, -0.2) is 0 Å². The number of anilines is 1. The Bertz CT molecular complexity index is 1360. The summed E-state index contributed by atoms with van der Waals surface area (Å²) in [5.74, 6) is 1.67. The van der Waals surface area contributed by atoms with Crippen LogP contribution in [0.4, 0.5) is 5.69 Å². The summed E-state index contributed by atoms with van der Waals surface area (Å²) in [7, 11) is 0. The van der Waals surface area contributed by atoms with Crippen molar-refractivity contribution < 1.29 is 14.3 Å². The molecule has 7 rings (SSSR count). The predicted molar refractivity (Wildman–Crippen MR) is 146 cm³/mol. The maximum atomic E-state index is 13.2. The van der Waals surface area contributed by atoms with Crippen LogP contribution in [0.3, 0.4) is 0 Å². The van der Waals surface area contributed by atoms with Crippen molar-refractivity contribution in [1.82, 2.24) is 9.88 Å². The van der Waals surface area contributed by atoms with Gasteiger partial charge in [-0.2, -0.15) is 0 Å². The number of aromatic nitrogens is 1. The van der Waals surface area contributed by atoms with Crippen LogP contribution in [-0.4, -0.2) is 48.0 Å². The van der Waals surface area contributed by atoms with E-state index in [1.165, 1.54) is 11.1 Å². The summed E-state index contributed by atoms with van der Waals surface area (Å²) in [6, 6.07) is 22.4. The highest BCUT2D eigenvalue weighted by Crippen LogP contribution is 2.55. The van der Waals surface area contributed by atoms with Gasteiger partial charge in [-0.05, 0) is 77.8 Å². The first-order valence-corrected chi connectivity index (χ1v) is 13.9. The second kappa shape index (κ2) is 9.35. The number of benzene rings is 2. The number of hydrogen-bond donors (Lipinski definition) is 1. The molecule has 6 heteroatoms. The van der Waals surface area contributed by atoms with Crippen molar-refractivity contribution in [2.45, 2.75) is 37.0 Å². The molecule has 1 N–H and O–H groups in total. The third-order valence-electron chi connectivity index (χ3n) is 9.42. The van der Waals surface area contributed by atoms with Gasteiger partial charge in [0.2, 0.25) is 11.8 Å². The van der Waals surface area contributed by atoms with Crippen molar-refractivity contribution in [1.29, 1.82) is 0 Å². The first-order valence-electron chi connectivity index (χ1n) is 13.9. The molecule has 0 radical (unpaired) electrons. The second-order valence-electron chi connectivity index (χ2n) is 11.5. The van der Waals surface area contributed by atoms with E-state index in [4.69, 9.17) is 4.74 Å². The number of fused-ring (bicyclic) bond motifs is 3. The van der Waals surface area contributed by atoms with Crippen LogP contribution in [0.15, 0.2) is 72.9 Å². The minimum atomic E-state index is 0.0372. The standard InChI is InChI=1S/C32H33N3O3/c36-29(34-23-7-5-6-21(16-23)28-10-3-4-13-33-28)17-22-18-32(27-9-2-1-8-24(22)27)11-14-35(15-12-32)31(37)30-25-19-38-20-26(25)30/h1-10,13,16,22,25-26,30H,11-12,14-15,17-20H2,(H,34,36)/t22?,25-,26+,30?. The molecule has 2 unspecified atom stereocenters. The van der Waals surface area contributed by atoms with Gasteiger partial charge in [0, 0.05) is 42.9 Å². The molecule has 2 aliphatic heterocycles. The summed E-state index contributed by atoms with van der Waals surface area (Å²) in [5, 5.41) is 3.13. The number of likely N-dealkylation sites (tertiary alicyclic amines) is 1. The largest absolute Gasteiger partial charge is 0.381 e. The first-order chi connectivity index (χ1) is 18.6. The third kappa shape index (κ3) is 4.11. The molecule has 6 nitrogen and oxygen atoms in total. The minimum Gasteiger partial charge on any atom is -0.381 e. The number of nitrogens with zero attached hydrogens (tertiary/aromatic N) is 2. The Labute approximate surface area is 223 Å². The van der Waals surface area contributed by atoms with Gasteiger partial charge in [0.1, 0.15) is 0 Å². The van der Waals surface area contributed by atoms with Crippen molar-refractivity contribution >= 4 is 17.5 Å². The van der Waals surface area contributed by atoms with E-state index in [2.05, 4.69) is 39.5 Å². The average molecular weight is 508 g/mol. The molecule has 194 valence electrons. The fourth-order valence-electron chi connectivity index (χ4n) is 7.38. The number of carbonyl (C=O) groups excluding carboxylic acids is 2. The number of ether oxygens (including phenoxy) is 1. The Kier molecular flexibility index (Phi) is 5.81. The molecule has 2 saturated heterocycles. The molecule has 0 bridgehead atoms. The van der Waals surface area contributed by atoms with Crippen molar-refractivity contribution in [3.63, 3.8) is 0 Å². The molecule has 2 amide bonds. The predicted octanol–water partition coefficient (Wildman–Crippen LogP) is 5.02. The fourth-order valence-corrected chi connectivity index (χ4v) is 7.38. The number of amides is 2. The normalized spacial score (nSPS) is 26.6. The van der Waals surface area contributed by atoms with Crippen LogP contribution in [0.5, 0.6) is 0 Å². The smallest absolute Gasteiger partial charge is 0.226 e. The highest BCUT2D eigenvalue weighted by Gasteiger charge is 2.59. The Hall–Kier alpha value is -3.51. The Morgan fingerprint density at radius 1 is 0.974 bits per heavy atom. The minimum absolute atomic E-state index is 0.0372. The zero-order chi connectivity index (χ0) is 25.7. The molecule has 38 heavy (non-hydrogen) atoms. The van der Waals surface area contributed by atoms with Gasteiger partial charge < -0.3 is 15.0 Å². The van der Waals surface area contributed by atoms with Crippen molar-refractivity contribution in [3.8, 4) is 11.3 Å². The second-order valence-corrected chi connectivity index (χ2v) is 11.5. The monoisotopic (exact) mass is 507 g/mol. The van der Waals surface area contributed by atoms with Gasteiger partial charge in [0.25, 0.3) is 0 Å². The van der Waals surface area contributed by atoms with Gasteiger partial charge in [-0.15, -0.1) is 0 Å². The molecule has 1 saturated carbocycles. The van der Waals surface area contributed by atoms with Crippen LogP contribution in [0.1, 0.15) is 42.7 Å². The molecule has 1 aromatic heterocycles. The molecule has 3 heterocycles.